The Balaban J connectivity index is 2.57. The quantitative estimate of drug-likeness (QED) is 0.817. The molecule has 0 amide bonds. The van der Waals surface area contributed by atoms with Gasteiger partial charge in [-0.25, -0.2) is 8.78 Å². The minimum Gasteiger partial charge on any atom is -0.393 e. The van der Waals surface area contributed by atoms with Gasteiger partial charge in [-0.2, -0.15) is 0 Å². The number of benzene rings is 1. The second kappa shape index (κ2) is 6.83. The molecule has 102 valence electrons. The SMILES string of the molecule is CC(C)CC(C)CC(O)Cc1c(F)cccc1F. The summed E-state index contributed by atoms with van der Waals surface area (Å²) in [6.45, 7) is 6.31. The number of aliphatic hydroxyl groups excluding tert-OH is 1. The lowest BCUT2D eigenvalue weighted by Gasteiger charge is -2.18. The predicted molar refractivity (Wildman–Crippen MR) is 69.3 cm³/mol. The average molecular weight is 256 g/mol. The molecule has 0 saturated heterocycles. The second-order valence-electron chi connectivity index (χ2n) is 5.53. The molecular formula is C15H22F2O. The molecule has 1 aromatic rings. The van der Waals surface area contributed by atoms with Crippen LogP contribution in [0.2, 0.25) is 0 Å². The highest BCUT2D eigenvalue weighted by Gasteiger charge is 2.16. The van der Waals surface area contributed by atoms with Gasteiger partial charge in [0.25, 0.3) is 0 Å². The first-order valence-corrected chi connectivity index (χ1v) is 6.51. The van der Waals surface area contributed by atoms with Crippen LogP contribution < -0.4 is 0 Å². The van der Waals surface area contributed by atoms with Gasteiger partial charge in [-0.3, -0.25) is 0 Å². The highest BCUT2D eigenvalue weighted by molar-refractivity contribution is 5.20. The molecule has 0 aliphatic rings. The topological polar surface area (TPSA) is 20.2 Å². The van der Waals surface area contributed by atoms with Crippen LogP contribution in [-0.4, -0.2) is 11.2 Å². The third-order valence-electron chi connectivity index (χ3n) is 3.05. The van der Waals surface area contributed by atoms with Gasteiger partial charge in [0.2, 0.25) is 0 Å². The zero-order valence-electron chi connectivity index (χ0n) is 11.3. The third kappa shape index (κ3) is 4.73. The normalized spacial score (nSPS) is 14.8. The molecule has 1 aromatic carbocycles. The molecule has 1 N–H and O–H groups in total. The molecule has 0 heterocycles. The van der Waals surface area contributed by atoms with Crippen molar-refractivity contribution in [2.45, 2.75) is 46.1 Å². The summed E-state index contributed by atoms with van der Waals surface area (Å²) >= 11 is 0. The van der Waals surface area contributed by atoms with E-state index in [1.165, 1.54) is 18.2 Å². The summed E-state index contributed by atoms with van der Waals surface area (Å²) < 4.78 is 26.8. The van der Waals surface area contributed by atoms with E-state index in [1.54, 1.807) is 0 Å². The van der Waals surface area contributed by atoms with E-state index >= 15 is 0 Å². The van der Waals surface area contributed by atoms with E-state index in [4.69, 9.17) is 0 Å². The first-order chi connectivity index (χ1) is 8.40. The van der Waals surface area contributed by atoms with Gasteiger partial charge in [-0.05, 0) is 36.8 Å². The molecule has 0 fully saturated rings. The molecule has 1 nitrogen and oxygen atoms in total. The summed E-state index contributed by atoms with van der Waals surface area (Å²) in [5, 5.41) is 9.90. The minimum atomic E-state index is -0.690. The monoisotopic (exact) mass is 256 g/mol. The lowest BCUT2D eigenvalue weighted by molar-refractivity contribution is 0.138. The first kappa shape index (κ1) is 15.1. The van der Waals surface area contributed by atoms with Crippen LogP contribution in [0.25, 0.3) is 0 Å². The van der Waals surface area contributed by atoms with Crippen molar-refractivity contribution in [2.75, 3.05) is 0 Å². The van der Waals surface area contributed by atoms with Crippen molar-refractivity contribution in [2.24, 2.45) is 11.8 Å². The summed E-state index contributed by atoms with van der Waals surface area (Å²) in [4.78, 5) is 0. The largest absolute Gasteiger partial charge is 0.393 e. The molecule has 0 radical (unpaired) electrons. The van der Waals surface area contributed by atoms with E-state index in [0.29, 0.717) is 18.3 Å². The van der Waals surface area contributed by atoms with Gasteiger partial charge in [-0.1, -0.05) is 26.8 Å². The molecule has 0 spiro atoms. The van der Waals surface area contributed by atoms with E-state index < -0.39 is 17.7 Å². The Morgan fingerprint density at radius 1 is 1.06 bits per heavy atom. The van der Waals surface area contributed by atoms with E-state index in [0.717, 1.165) is 6.42 Å². The molecular weight excluding hydrogens is 234 g/mol. The summed E-state index contributed by atoms with van der Waals surface area (Å²) in [6, 6.07) is 3.79. The third-order valence-corrected chi connectivity index (χ3v) is 3.05. The van der Waals surface area contributed by atoms with Crippen molar-refractivity contribution in [3.05, 3.63) is 35.4 Å². The molecule has 0 saturated carbocycles. The van der Waals surface area contributed by atoms with Gasteiger partial charge >= 0.3 is 0 Å². The van der Waals surface area contributed by atoms with Crippen molar-refractivity contribution < 1.29 is 13.9 Å². The van der Waals surface area contributed by atoms with Crippen LogP contribution >= 0.6 is 0 Å². The lowest BCUT2D eigenvalue weighted by atomic mass is 9.91. The molecule has 0 aromatic heterocycles. The lowest BCUT2D eigenvalue weighted by Crippen LogP contribution is -2.17. The molecule has 0 bridgehead atoms. The molecule has 0 aliphatic heterocycles. The molecule has 18 heavy (non-hydrogen) atoms. The van der Waals surface area contributed by atoms with Crippen LogP contribution in [0.1, 0.15) is 39.2 Å². The summed E-state index contributed by atoms with van der Waals surface area (Å²) in [5.41, 5.74) is -0.0123. The minimum absolute atomic E-state index is 0.0123. The predicted octanol–water partition coefficient (Wildman–Crippen LogP) is 3.94. The van der Waals surface area contributed by atoms with Crippen LogP contribution in [0.3, 0.4) is 0 Å². The fraction of sp³-hybridized carbons (Fsp3) is 0.600. The summed E-state index contributed by atoms with van der Waals surface area (Å²) in [6.07, 6.45) is 0.939. The van der Waals surface area contributed by atoms with Crippen molar-refractivity contribution in [3.8, 4) is 0 Å². The van der Waals surface area contributed by atoms with Gasteiger partial charge in [0.1, 0.15) is 11.6 Å². The van der Waals surface area contributed by atoms with E-state index in [9.17, 15) is 13.9 Å². The Bertz CT molecular complexity index is 357. The standard InChI is InChI=1S/C15H22F2O/c1-10(2)7-11(3)8-12(18)9-13-14(16)5-4-6-15(13)17/h4-6,10-12,18H,7-9H2,1-3H3. The van der Waals surface area contributed by atoms with Crippen LogP contribution in [0, 0.1) is 23.5 Å². The Morgan fingerprint density at radius 3 is 2.11 bits per heavy atom. The number of aliphatic hydroxyl groups is 1. The fourth-order valence-corrected chi connectivity index (χ4v) is 2.41. The second-order valence-corrected chi connectivity index (χ2v) is 5.53. The fourth-order valence-electron chi connectivity index (χ4n) is 2.41. The highest BCUT2D eigenvalue weighted by Crippen LogP contribution is 2.20. The molecule has 3 heteroatoms. The van der Waals surface area contributed by atoms with Crippen LogP contribution in [0.15, 0.2) is 18.2 Å². The maximum atomic E-state index is 13.4. The maximum Gasteiger partial charge on any atom is 0.129 e. The van der Waals surface area contributed by atoms with Gasteiger partial charge in [0.15, 0.2) is 0 Å². The number of hydrogen-bond donors (Lipinski definition) is 1. The molecule has 2 atom stereocenters. The van der Waals surface area contributed by atoms with Crippen molar-refractivity contribution >= 4 is 0 Å². The van der Waals surface area contributed by atoms with Gasteiger partial charge in [0.05, 0.1) is 6.10 Å². The zero-order valence-corrected chi connectivity index (χ0v) is 11.3. The maximum absolute atomic E-state index is 13.4. The number of halogens is 2. The Kier molecular flexibility index (Phi) is 5.73. The number of rotatable bonds is 6. The van der Waals surface area contributed by atoms with Gasteiger partial charge in [0, 0.05) is 12.0 Å². The van der Waals surface area contributed by atoms with E-state index in [1.807, 2.05) is 0 Å². The average Bonchev–Trinajstić information content (AvgIpc) is 2.22. The van der Waals surface area contributed by atoms with Crippen molar-refractivity contribution in [3.63, 3.8) is 0 Å². The van der Waals surface area contributed by atoms with E-state index in [2.05, 4.69) is 20.8 Å². The van der Waals surface area contributed by atoms with Crippen LogP contribution in [-0.2, 0) is 6.42 Å². The van der Waals surface area contributed by atoms with Crippen LogP contribution in [0.4, 0.5) is 8.78 Å². The van der Waals surface area contributed by atoms with E-state index in [-0.39, 0.29) is 12.0 Å². The Labute approximate surface area is 108 Å². The first-order valence-electron chi connectivity index (χ1n) is 6.51. The Hall–Kier alpha value is -0.960. The molecule has 2 unspecified atom stereocenters. The van der Waals surface area contributed by atoms with Crippen LogP contribution in [0.5, 0.6) is 0 Å². The Morgan fingerprint density at radius 2 is 1.61 bits per heavy atom. The molecule has 1 rings (SSSR count). The zero-order chi connectivity index (χ0) is 13.7. The smallest absolute Gasteiger partial charge is 0.129 e. The summed E-state index contributed by atoms with van der Waals surface area (Å²) in [7, 11) is 0. The number of hydrogen-bond acceptors (Lipinski definition) is 1. The van der Waals surface area contributed by atoms with Crippen molar-refractivity contribution in [1.29, 1.82) is 0 Å². The summed E-state index contributed by atoms with van der Waals surface area (Å²) in [5.74, 6) is -0.233. The molecule has 0 aliphatic carbocycles. The highest BCUT2D eigenvalue weighted by atomic mass is 19.1. The van der Waals surface area contributed by atoms with Gasteiger partial charge in [-0.15, -0.1) is 0 Å². The van der Waals surface area contributed by atoms with Gasteiger partial charge < -0.3 is 5.11 Å². The van der Waals surface area contributed by atoms with Crippen molar-refractivity contribution in [1.82, 2.24) is 0 Å².